The predicted octanol–water partition coefficient (Wildman–Crippen LogP) is 3.84. The van der Waals surface area contributed by atoms with Crippen molar-refractivity contribution in [2.45, 2.75) is 46.8 Å². The lowest BCUT2D eigenvalue weighted by Crippen LogP contribution is -2.51. The van der Waals surface area contributed by atoms with Gasteiger partial charge in [0.05, 0.1) is 30.1 Å². The molecule has 1 saturated heterocycles. The van der Waals surface area contributed by atoms with Crippen LogP contribution in [0.4, 0.5) is 5.82 Å². The Kier molecular flexibility index (Phi) is 7.05. The van der Waals surface area contributed by atoms with Crippen LogP contribution in [-0.2, 0) is 0 Å². The van der Waals surface area contributed by atoms with Gasteiger partial charge in [-0.3, -0.25) is 5.32 Å². The van der Waals surface area contributed by atoms with Gasteiger partial charge in [-0.1, -0.05) is 20.8 Å². The molecular weight excluding hydrogens is 428 g/mol. The number of nitriles is 1. The summed E-state index contributed by atoms with van der Waals surface area (Å²) in [6, 6.07) is 8.23. The van der Waals surface area contributed by atoms with Crippen molar-refractivity contribution < 1.29 is 9.84 Å². The number of hydrogen-bond acceptors (Lipinski definition) is 7. The standard InChI is InChI=1S/C26H34N6O2/c1-5-34-21-12-22(24-20(13-27)16-30-32(24)17-21)19-6-7-23(28-15-19)31-10-8-26(4,9-11-31)25(33)29-14-18(2)3/h6-7,12,15-18,25,29,33H,5,8-11,14H2,1-4H3. The summed E-state index contributed by atoms with van der Waals surface area (Å²) in [5.74, 6) is 2.12. The third kappa shape index (κ3) is 4.86. The second-order valence-electron chi connectivity index (χ2n) is 9.74. The first kappa shape index (κ1) is 24.0. The van der Waals surface area contributed by atoms with Gasteiger partial charge in [0, 0.05) is 35.8 Å². The molecule has 8 heteroatoms. The highest BCUT2D eigenvalue weighted by Crippen LogP contribution is 2.36. The molecule has 0 radical (unpaired) electrons. The van der Waals surface area contributed by atoms with Gasteiger partial charge in [0.15, 0.2) is 0 Å². The number of hydrogen-bond donors (Lipinski definition) is 2. The maximum absolute atomic E-state index is 10.7. The number of rotatable bonds is 8. The van der Waals surface area contributed by atoms with Crippen LogP contribution in [0.1, 0.15) is 46.1 Å². The Morgan fingerprint density at radius 3 is 2.65 bits per heavy atom. The largest absolute Gasteiger partial charge is 0.492 e. The molecule has 0 bridgehead atoms. The lowest BCUT2D eigenvalue weighted by molar-refractivity contribution is -0.00753. The van der Waals surface area contributed by atoms with E-state index in [0.29, 0.717) is 23.8 Å². The number of aliphatic hydroxyl groups excluding tert-OH is 1. The van der Waals surface area contributed by atoms with Crippen LogP contribution in [0.5, 0.6) is 5.75 Å². The van der Waals surface area contributed by atoms with Crippen LogP contribution in [0.25, 0.3) is 16.6 Å². The Bertz CT molecular complexity index is 1160. The Hall–Kier alpha value is -3.15. The average molecular weight is 463 g/mol. The summed E-state index contributed by atoms with van der Waals surface area (Å²) in [6.07, 6.45) is 6.49. The molecule has 180 valence electrons. The summed E-state index contributed by atoms with van der Waals surface area (Å²) >= 11 is 0. The van der Waals surface area contributed by atoms with E-state index in [1.165, 1.54) is 0 Å². The van der Waals surface area contributed by atoms with Crippen molar-refractivity contribution in [1.29, 1.82) is 5.26 Å². The van der Waals surface area contributed by atoms with Gasteiger partial charge in [-0.2, -0.15) is 10.4 Å². The Morgan fingerprint density at radius 2 is 2.03 bits per heavy atom. The van der Waals surface area contributed by atoms with E-state index < -0.39 is 6.23 Å². The maximum atomic E-state index is 10.7. The van der Waals surface area contributed by atoms with E-state index in [-0.39, 0.29) is 5.41 Å². The molecule has 1 unspecified atom stereocenters. The zero-order valence-corrected chi connectivity index (χ0v) is 20.5. The van der Waals surface area contributed by atoms with Crippen LogP contribution in [0, 0.1) is 22.7 Å². The number of aromatic nitrogens is 3. The van der Waals surface area contributed by atoms with E-state index in [4.69, 9.17) is 9.72 Å². The normalized spacial score (nSPS) is 16.6. The lowest BCUT2D eigenvalue weighted by Gasteiger charge is -2.43. The molecule has 4 heterocycles. The van der Waals surface area contributed by atoms with Gasteiger partial charge >= 0.3 is 0 Å². The molecule has 1 aliphatic rings. The van der Waals surface area contributed by atoms with E-state index in [1.807, 2.05) is 31.3 Å². The van der Waals surface area contributed by atoms with Crippen LogP contribution < -0.4 is 15.0 Å². The van der Waals surface area contributed by atoms with E-state index in [9.17, 15) is 10.4 Å². The van der Waals surface area contributed by atoms with Crippen molar-refractivity contribution in [2.24, 2.45) is 11.3 Å². The molecule has 0 aromatic carbocycles. The average Bonchev–Trinajstić information content (AvgIpc) is 3.26. The quantitative estimate of drug-likeness (QED) is 0.491. The number of pyridine rings is 2. The molecule has 1 fully saturated rings. The molecule has 1 aliphatic heterocycles. The maximum Gasteiger partial charge on any atom is 0.138 e. The van der Waals surface area contributed by atoms with E-state index in [0.717, 1.165) is 54.9 Å². The molecule has 3 aromatic heterocycles. The van der Waals surface area contributed by atoms with E-state index in [1.54, 1.807) is 16.9 Å². The van der Waals surface area contributed by atoms with E-state index in [2.05, 4.69) is 42.2 Å². The molecule has 3 aromatic rings. The van der Waals surface area contributed by atoms with Crippen molar-refractivity contribution in [3.8, 4) is 22.9 Å². The first-order valence-electron chi connectivity index (χ1n) is 12.0. The number of anilines is 1. The van der Waals surface area contributed by atoms with Crippen molar-refractivity contribution in [3.63, 3.8) is 0 Å². The number of piperidine rings is 1. The minimum atomic E-state index is -0.502. The van der Waals surface area contributed by atoms with Gasteiger partial charge in [0.1, 0.15) is 23.9 Å². The summed E-state index contributed by atoms with van der Waals surface area (Å²) in [5, 5.41) is 27.8. The smallest absolute Gasteiger partial charge is 0.138 e. The topological polar surface area (TPSA) is 98.7 Å². The van der Waals surface area contributed by atoms with Crippen LogP contribution in [-0.4, -0.2) is 52.2 Å². The summed E-state index contributed by atoms with van der Waals surface area (Å²) in [5.41, 5.74) is 2.89. The molecule has 0 spiro atoms. The molecule has 0 amide bonds. The summed E-state index contributed by atoms with van der Waals surface area (Å²) in [7, 11) is 0. The minimum Gasteiger partial charge on any atom is -0.492 e. The van der Waals surface area contributed by atoms with Crippen LogP contribution in [0.3, 0.4) is 0 Å². The molecule has 4 rings (SSSR count). The number of fused-ring (bicyclic) bond motifs is 1. The predicted molar refractivity (Wildman–Crippen MR) is 133 cm³/mol. The van der Waals surface area contributed by atoms with Crippen molar-refractivity contribution >= 4 is 11.3 Å². The molecule has 0 aliphatic carbocycles. The van der Waals surface area contributed by atoms with Gasteiger partial charge in [-0.25, -0.2) is 9.50 Å². The lowest BCUT2D eigenvalue weighted by atomic mass is 9.78. The highest BCUT2D eigenvalue weighted by Gasteiger charge is 2.36. The Balaban J connectivity index is 1.52. The highest BCUT2D eigenvalue weighted by molar-refractivity contribution is 5.85. The third-order valence-corrected chi connectivity index (χ3v) is 6.69. The van der Waals surface area contributed by atoms with Crippen LogP contribution in [0.15, 0.2) is 36.8 Å². The van der Waals surface area contributed by atoms with Crippen molar-refractivity contribution in [3.05, 3.63) is 42.4 Å². The fourth-order valence-electron chi connectivity index (χ4n) is 4.49. The number of aliphatic hydroxyl groups is 1. The summed E-state index contributed by atoms with van der Waals surface area (Å²) in [4.78, 5) is 7.02. The Labute approximate surface area is 201 Å². The first-order valence-corrected chi connectivity index (χ1v) is 12.0. The number of nitrogens with one attached hydrogen (secondary N) is 1. The summed E-state index contributed by atoms with van der Waals surface area (Å²) < 4.78 is 7.40. The van der Waals surface area contributed by atoms with Gasteiger partial charge in [0.25, 0.3) is 0 Å². The van der Waals surface area contributed by atoms with Gasteiger partial charge in [0.2, 0.25) is 0 Å². The molecule has 1 atom stereocenters. The van der Waals surface area contributed by atoms with Gasteiger partial charge in [-0.05, 0) is 50.4 Å². The van der Waals surface area contributed by atoms with Crippen molar-refractivity contribution in [1.82, 2.24) is 19.9 Å². The minimum absolute atomic E-state index is 0.146. The molecule has 8 nitrogen and oxygen atoms in total. The fraction of sp³-hybridized carbons (Fsp3) is 0.500. The molecular formula is C26H34N6O2. The molecule has 0 saturated carbocycles. The summed E-state index contributed by atoms with van der Waals surface area (Å²) in [6.45, 7) is 11.4. The third-order valence-electron chi connectivity index (χ3n) is 6.69. The van der Waals surface area contributed by atoms with Crippen molar-refractivity contribution in [2.75, 3.05) is 31.1 Å². The zero-order chi connectivity index (χ0) is 24.3. The van der Waals surface area contributed by atoms with Crippen LogP contribution in [0.2, 0.25) is 0 Å². The number of nitrogens with zero attached hydrogens (tertiary/aromatic N) is 5. The Morgan fingerprint density at radius 1 is 1.26 bits per heavy atom. The first-order chi connectivity index (χ1) is 16.3. The van der Waals surface area contributed by atoms with Gasteiger partial charge < -0.3 is 14.7 Å². The highest BCUT2D eigenvalue weighted by atomic mass is 16.5. The van der Waals surface area contributed by atoms with Gasteiger partial charge in [-0.15, -0.1) is 0 Å². The monoisotopic (exact) mass is 462 g/mol. The second kappa shape index (κ2) is 10.00. The fourth-order valence-corrected chi connectivity index (χ4v) is 4.49. The number of ether oxygens (including phenoxy) is 1. The molecule has 2 N–H and O–H groups in total. The zero-order valence-electron chi connectivity index (χ0n) is 20.5. The van der Waals surface area contributed by atoms with E-state index >= 15 is 0 Å². The SMILES string of the molecule is CCOc1cc(-c2ccc(N3CCC(C)(C(O)NCC(C)C)CC3)nc2)c2c(C#N)cnn2c1. The molecule has 34 heavy (non-hydrogen) atoms. The van der Waals surface area contributed by atoms with Crippen LogP contribution >= 0.6 is 0 Å². The second-order valence-corrected chi connectivity index (χ2v) is 9.74.